The molecule has 0 amide bonds. The molecule has 0 aliphatic carbocycles. The van der Waals surface area contributed by atoms with Crippen LogP contribution in [0.25, 0.3) is 10.8 Å². The van der Waals surface area contributed by atoms with Crippen molar-refractivity contribution in [2.24, 2.45) is 0 Å². The number of pyridine rings is 1. The van der Waals surface area contributed by atoms with Gasteiger partial charge in [-0.1, -0.05) is 6.92 Å². The van der Waals surface area contributed by atoms with E-state index in [1.165, 1.54) is 18.5 Å². The molecule has 1 aromatic carbocycles. The fraction of sp³-hybridized carbons (Fsp3) is 0.333. The highest BCUT2D eigenvalue weighted by Crippen LogP contribution is 2.30. The highest BCUT2D eigenvalue weighted by molar-refractivity contribution is 7.90. The molecule has 0 aliphatic rings. The molecule has 0 fully saturated rings. The lowest BCUT2D eigenvalue weighted by Crippen LogP contribution is -2.08. The Kier molecular flexibility index (Phi) is 4.37. The van der Waals surface area contributed by atoms with Crippen molar-refractivity contribution in [2.75, 3.05) is 12.0 Å². The van der Waals surface area contributed by atoms with Crippen molar-refractivity contribution < 1.29 is 17.6 Å². The summed E-state index contributed by atoms with van der Waals surface area (Å²) in [6, 6.07) is 2.90. The minimum absolute atomic E-state index is 0.00598. The molecule has 2 rings (SSSR count). The first kappa shape index (κ1) is 15.6. The number of aldehydes is 1. The van der Waals surface area contributed by atoms with E-state index in [4.69, 9.17) is 0 Å². The van der Waals surface area contributed by atoms with Gasteiger partial charge in [0, 0.05) is 24.0 Å². The zero-order valence-corrected chi connectivity index (χ0v) is 12.7. The van der Waals surface area contributed by atoms with E-state index in [1.807, 2.05) is 6.92 Å². The Bertz CT molecular complexity index is 787. The molecule has 6 heteroatoms. The van der Waals surface area contributed by atoms with E-state index in [-0.39, 0.29) is 17.2 Å². The molecule has 1 heterocycles. The van der Waals surface area contributed by atoms with E-state index in [0.717, 1.165) is 0 Å². The molecular formula is C15H16FNO3S. The highest BCUT2D eigenvalue weighted by Gasteiger charge is 2.17. The Balaban J connectivity index is 2.52. The summed E-state index contributed by atoms with van der Waals surface area (Å²) < 4.78 is 36.6. The van der Waals surface area contributed by atoms with Crippen LogP contribution in [0.3, 0.4) is 0 Å². The number of sulfone groups is 1. The predicted octanol–water partition coefficient (Wildman–Crippen LogP) is 2.72. The number of carbonyl (C=O) groups is 1. The lowest BCUT2D eigenvalue weighted by Gasteiger charge is -2.15. The lowest BCUT2D eigenvalue weighted by molar-refractivity contribution is 0.112. The second kappa shape index (κ2) is 5.89. The van der Waals surface area contributed by atoms with Gasteiger partial charge in [-0.05, 0) is 35.4 Å². The maximum Gasteiger partial charge on any atom is 0.153 e. The van der Waals surface area contributed by atoms with Crippen LogP contribution in [0.2, 0.25) is 0 Å². The van der Waals surface area contributed by atoms with E-state index < -0.39 is 15.7 Å². The summed E-state index contributed by atoms with van der Waals surface area (Å²) >= 11 is 0. The van der Waals surface area contributed by atoms with Crippen molar-refractivity contribution in [1.82, 2.24) is 4.98 Å². The van der Waals surface area contributed by atoms with Crippen molar-refractivity contribution in [3.8, 4) is 0 Å². The SMILES string of the molecule is CC(CCS(C)(=O)=O)c1cc(F)c(C=O)c2ccncc12. The molecule has 0 saturated heterocycles. The number of nitrogens with zero attached hydrogens (tertiary/aromatic N) is 1. The molecular weight excluding hydrogens is 293 g/mol. The van der Waals surface area contributed by atoms with Crippen LogP contribution < -0.4 is 0 Å². The van der Waals surface area contributed by atoms with Crippen LogP contribution in [-0.4, -0.2) is 31.7 Å². The molecule has 1 aromatic heterocycles. The third kappa shape index (κ3) is 3.44. The van der Waals surface area contributed by atoms with Gasteiger partial charge in [-0.15, -0.1) is 0 Å². The van der Waals surface area contributed by atoms with Crippen molar-refractivity contribution in [3.63, 3.8) is 0 Å². The maximum atomic E-state index is 14.0. The molecule has 0 aliphatic heterocycles. The largest absolute Gasteiger partial charge is 0.298 e. The first-order valence-electron chi connectivity index (χ1n) is 6.52. The third-order valence-electron chi connectivity index (χ3n) is 3.53. The summed E-state index contributed by atoms with van der Waals surface area (Å²) in [6.07, 6.45) is 5.13. The molecule has 0 N–H and O–H groups in total. The molecule has 112 valence electrons. The number of fused-ring (bicyclic) bond motifs is 1. The summed E-state index contributed by atoms with van der Waals surface area (Å²) in [4.78, 5) is 15.1. The van der Waals surface area contributed by atoms with Crippen LogP contribution in [0.4, 0.5) is 4.39 Å². The number of carbonyl (C=O) groups excluding carboxylic acids is 1. The molecule has 1 unspecified atom stereocenters. The first-order chi connectivity index (χ1) is 9.83. The number of aromatic nitrogens is 1. The van der Waals surface area contributed by atoms with E-state index in [0.29, 0.717) is 29.0 Å². The molecule has 0 spiro atoms. The van der Waals surface area contributed by atoms with Crippen LogP contribution >= 0.6 is 0 Å². The van der Waals surface area contributed by atoms with Gasteiger partial charge in [0.2, 0.25) is 0 Å². The van der Waals surface area contributed by atoms with Gasteiger partial charge in [0.1, 0.15) is 15.7 Å². The van der Waals surface area contributed by atoms with E-state index in [2.05, 4.69) is 4.98 Å². The molecule has 2 aromatic rings. The second-order valence-electron chi connectivity index (χ2n) is 5.22. The average molecular weight is 309 g/mol. The quantitative estimate of drug-likeness (QED) is 0.797. The van der Waals surface area contributed by atoms with E-state index >= 15 is 0 Å². The monoisotopic (exact) mass is 309 g/mol. The average Bonchev–Trinajstić information content (AvgIpc) is 2.43. The van der Waals surface area contributed by atoms with Crippen LogP contribution in [-0.2, 0) is 9.84 Å². The zero-order chi connectivity index (χ0) is 15.6. The van der Waals surface area contributed by atoms with Gasteiger partial charge < -0.3 is 0 Å². The van der Waals surface area contributed by atoms with Crippen LogP contribution in [0.5, 0.6) is 0 Å². The van der Waals surface area contributed by atoms with Gasteiger partial charge in [-0.2, -0.15) is 0 Å². The number of halogens is 1. The molecule has 21 heavy (non-hydrogen) atoms. The normalized spacial score (nSPS) is 13.3. The van der Waals surface area contributed by atoms with Crippen LogP contribution in [0.15, 0.2) is 24.5 Å². The fourth-order valence-corrected chi connectivity index (χ4v) is 3.14. The smallest absolute Gasteiger partial charge is 0.153 e. The Morgan fingerprint density at radius 2 is 2.10 bits per heavy atom. The standard InChI is InChI=1S/C15H16FNO3S/c1-10(4-6-21(2,19)20)12-7-15(16)14(9-18)11-3-5-17-8-13(11)12/h3,5,7-10H,4,6H2,1-2H3. The number of benzene rings is 1. The van der Waals surface area contributed by atoms with Crippen LogP contribution in [0.1, 0.15) is 35.2 Å². The number of hydrogen-bond donors (Lipinski definition) is 0. The third-order valence-corrected chi connectivity index (χ3v) is 4.51. The number of hydrogen-bond acceptors (Lipinski definition) is 4. The lowest BCUT2D eigenvalue weighted by atomic mass is 9.92. The Morgan fingerprint density at radius 3 is 2.71 bits per heavy atom. The molecule has 0 saturated carbocycles. The summed E-state index contributed by atoms with van der Waals surface area (Å²) in [5.41, 5.74) is 0.677. The van der Waals surface area contributed by atoms with Gasteiger partial charge >= 0.3 is 0 Å². The maximum absolute atomic E-state index is 14.0. The fourth-order valence-electron chi connectivity index (χ4n) is 2.35. The summed E-state index contributed by atoms with van der Waals surface area (Å²) in [5.74, 6) is -0.709. The van der Waals surface area contributed by atoms with Gasteiger partial charge in [-0.25, -0.2) is 12.8 Å². The highest BCUT2D eigenvalue weighted by atomic mass is 32.2. The number of rotatable bonds is 5. The molecule has 4 nitrogen and oxygen atoms in total. The Hall–Kier alpha value is -1.82. The van der Waals surface area contributed by atoms with Gasteiger partial charge in [0.15, 0.2) is 6.29 Å². The van der Waals surface area contributed by atoms with Crippen LogP contribution in [0, 0.1) is 5.82 Å². The summed E-state index contributed by atoms with van der Waals surface area (Å²) in [5, 5.41) is 1.18. The van der Waals surface area contributed by atoms with E-state index in [1.54, 1.807) is 12.3 Å². The van der Waals surface area contributed by atoms with Crippen molar-refractivity contribution in [1.29, 1.82) is 0 Å². The predicted molar refractivity (Wildman–Crippen MR) is 79.8 cm³/mol. The first-order valence-corrected chi connectivity index (χ1v) is 8.58. The zero-order valence-electron chi connectivity index (χ0n) is 11.8. The van der Waals surface area contributed by atoms with E-state index in [9.17, 15) is 17.6 Å². The molecule has 0 radical (unpaired) electrons. The van der Waals surface area contributed by atoms with Gasteiger partial charge in [0.25, 0.3) is 0 Å². The molecule has 0 bridgehead atoms. The summed E-state index contributed by atoms with van der Waals surface area (Å²) in [6.45, 7) is 1.84. The Labute approximate surface area is 122 Å². The van der Waals surface area contributed by atoms with Gasteiger partial charge in [0.05, 0.1) is 11.3 Å². The summed E-state index contributed by atoms with van der Waals surface area (Å²) in [7, 11) is -3.07. The minimum Gasteiger partial charge on any atom is -0.298 e. The van der Waals surface area contributed by atoms with Crippen molar-refractivity contribution in [2.45, 2.75) is 19.3 Å². The molecule has 1 atom stereocenters. The van der Waals surface area contributed by atoms with Crippen molar-refractivity contribution in [3.05, 3.63) is 41.5 Å². The minimum atomic E-state index is -3.07. The topological polar surface area (TPSA) is 64.1 Å². The van der Waals surface area contributed by atoms with Crippen molar-refractivity contribution >= 4 is 26.9 Å². The van der Waals surface area contributed by atoms with Gasteiger partial charge in [-0.3, -0.25) is 9.78 Å². The second-order valence-corrected chi connectivity index (χ2v) is 7.48. The Morgan fingerprint density at radius 1 is 1.38 bits per heavy atom.